The van der Waals surface area contributed by atoms with Crippen molar-refractivity contribution in [1.82, 2.24) is 0 Å². The van der Waals surface area contributed by atoms with Crippen molar-refractivity contribution in [2.24, 2.45) is 0 Å². The van der Waals surface area contributed by atoms with Crippen LogP contribution in [0.3, 0.4) is 0 Å². The van der Waals surface area contributed by atoms with Gasteiger partial charge in [0.2, 0.25) is 0 Å². The van der Waals surface area contributed by atoms with Crippen molar-refractivity contribution < 1.29 is 17.8 Å². The summed E-state index contributed by atoms with van der Waals surface area (Å²) in [5.41, 5.74) is 0.970. The number of nitrogens with one attached hydrogen (secondary N) is 1. The zero-order valence-electron chi connectivity index (χ0n) is 11.9. The van der Waals surface area contributed by atoms with Crippen molar-refractivity contribution in [3.63, 3.8) is 0 Å². The molecule has 0 aliphatic carbocycles. The van der Waals surface area contributed by atoms with Crippen LogP contribution in [0.15, 0.2) is 71.6 Å². The summed E-state index contributed by atoms with van der Waals surface area (Å²) in [7, 11) is -4.30. The van der Waals surface area contributed by atoms with E-state index in [1.807, 2.05) is 6.07 Å². The van der Waals surface area contributed by atoms with Crippen LogP contribution in [0.4, 0.5) is 5.69 Å². The van der Waals surface area contributed by atoms with E-state index in [0.717, 1.165) is 5.39 Å². The first-order valence-electron chi connectivity index (χ1n) is 6.82. The number of hydrogen-bond acceptors (Lipinski definition) is 3. The molecule has 0 heterocycles. The molecule has 0 spiro atoms. The number of carbonyl (C=O) groups excluding carboxylic acids is 1. The average Bonchev–Trinajstić information content (AvgIpc) is 2.54. The Bertz CT molecular complexity index is 988. The molecule has 0 aliphatic rings. The van der Waals surface area contributed by atoms with E-state index in [1.54, 1.807) is 48.5 Å². The quantitative estimate of drug-likeness (QED) is 0.561. The summed E-state index contributed by atoms with van der Waals surface area (Å²) in [5, 5.41) is 4.05. The van der Waals surface area contributed by atoms with Crippen molar-refractivity contribution in [1.29, 1.82) is 0 Å². The molecule has 118 valence electrons. The summed E-state index contributed by atoms with van der Waals surface area (Å²) in [6.45, 7) is 0. The van der Waals surface area contributed by atoms with E-state index < -0.39 is 10.1 Å². The Kier molecular flexibility index (Phi) is 5.79. The number of rotatable bonds is 3. The molecule has 3 rings (SSSR count). The van der Waals surface area contributed by atoms with Gasteiger partial charge in [-0.05, 0) is 35.7 Å². The van der Waals surface area contributed by atoms with E-state index in [0.29, 0.717) is 16.6 Å². The molecule has 0 aromatic heterocycles. The molecule has 0 radical (unpaired) electrons. The van der Waals surface area contributed by atoms with E-state index >= 15 is 0 Å². The summed E-state index contributed by atoms with van der Waals surface area (Å²) in [5.74, 6) is -0.296. The van der Waals surface area contributed by atoms with Crippen molar-refractivity contribution in [3.8, 4) is 0 Å². The van der Waals surface area contributed by atoms with Gasteiger partial charge in [-0.3, -0.25) is 9.35 Å². The Morgan fingerprint density at radius 2 is 1.62 bits per heavy atom. The van der Waals surface area contributed by atoms with Crippen molar-refractivity contribution in [2.45, 2.75) is 4.90 Å². The molecule has 0 saturated heterocycles. The second kappa shape index (κ2) is 7.46. The predicted octanol–water partition coefficient (Wildman–Crippen LogP) is 2.69. The number of hydrogen-bond donors (Lipinski definition) is 2. The third-order valence-electron chi connectivity index (χ3n) is 3.44. The van der Waals surface area contributed by atoms with E-state index in [9.17, 15) is 17.8 Å². The van der Waals surface area contributed by atoms with Gasteiger partial charge in [-0.1, -0.05) is 36.4 Å². The van der Waals surface area contributed by atoms with Gasteiger partial charge in [-0.25, -0.2) is 0 Å². The zero-order chi connectivity index (χ0) is 16.4. The molecule has 0 unspecified atom stereocenters. The van der Waals surface area contributed by atoms with Crippen molar-refractivity contribution in [2.75, 3.05) is 5.32 Å². The molecule has 0 bridgehead atoms. The third-order valence-corrected chi connectivity index (χ3v) is 4.29. The predicted molar refractivity (Wildman–Crippen MR) is 95.3 cm³/mol. The first kappa shape index (κ1) is 18.6. The summed E-state index contributed by atoms with van der Waals surface area (Å²) in [4.78, 5) is 12.0. The fraction of sp³-hybridized carbons (Fsp3) is 0. The third kappa shape index (κ3) is 4.03. The van der Waals surface area contributed by atoms with Gasteiger partial charge in [0.15, 0.2) is 0 Å². The molecule has 24 heavy (non-hydrogen) atoms. The Morgan fingerprint density at radius 1 is 0.917 bits per heavy atom. The van der Waals surface area contributed by atoms with Gasteiger partial charge >= 0.3 is 29.6 Å². The molecule has 0 atom stereocenters. The van der Waals surface area contributed by atoms with Crippen LogP contribution in [0.25, 0.3) is 10.8 Å². The van der Waals surface area contributed by atoms with Crippen molar-refractivity contribution >= 4 is 62.0 Å². The average molecular weight is 351 g/mol. The number of fused-ring (bicyclic) bond motifs is 1. The minimum atomic E-state index is -4.30. The molecular weight excluding hydrogens is 337 g/mol. The van der Waals surface area contributed by atoms with Crippen LogP contribution in [0.5, 0.6) is 0 Å². The Balaban J connectivity index is 0.00000208. The SMILES string of the molecule is O=C(Nc1cccc2ccc(S(=O)(=O)O)cc12)c1ccccc1.[NaH]. The fourth-order valence-electron chi connectivity index (χ4n) is 2.31. The molecule has 0 aliphatic heterocycles. The maximum absolute atomic E-state index is 12.3. The number of carbonyl (C=O) groups is 1. The Labute approximate surface area is 161 Å². The first-order valence-corrected chi connectivity index (χ1v) is 8.26. The van der Waals surface area contributed by atoms with Crippen LogP contribution in [-0.4, -0.2) is 48.4 Å². The topological polar surface area (TPSA) is 83.5 Å². The van der Waals surface area contributed by atoms with Crippen LogP contribution in [-0.2, 0) is 10.1 Å². The first-order chi connectivity index (χ1) is 10.9. The fourth-order valence-corrected chi connectivity index (χ4v) is 2.81. The normalized spacial score (nSPS) is 10.9. The van der Waals surface area contributed by atoms with Crippen LogP contribution < -0.4 is 5.32 Å². The van der Waals surface area contributed by atoms with Gasteiger partial charge in [0, 0.05) is 16.6 Å². The van der Waals surface area contributed by atoms with Crippen molar-refractivity contribution in [3.05, 3.63) is 72.3 Å². The summed E-state index contributed by atoms with van der Waals surface area (Å²) in [6.07, 6.45) is 0. The summed E-state index contributed by atoms with van der Waals surface area (Å²) >= 11 is 0. The van der Waals surface area contributed by atoms with E-state index in [2.05, 4.69) is 5.32 Å². The van der Waals surface area contributed by atoms with Gasteiger partial charge in [0.1, 0.15) is 0 Å². The van der Waals surface area contributed by atoms with Gasteiger partial charge in [0.05, 0.1) is 4.90 Å². The molecule has 1 amide bonds. The minimum absolute atomic E-state index is 0. The van der Waals surface area contributed by atoms with Gasteiger partial charge in [-0.2, -0.15) is 8.42 Å². The summed E-state index contributed by atoms with van der Waals surface area (Å²) in [6, 6.07) is 18.2. The van der Waals surface area contributed by atoms with E-state index in [-0.39, 0.29) is 40.4 Å². The second-order valence-electron chi connectivity index (χ2n) is 4.98. The van der Waals surface area contributed by atoms with Gasteiger partial charge in [0.25, 0.3) is 16.0 Å². The zero-order valence-corrected chi connectivity index (χ0v) is 12.7. The molecule has 0 fully saturated rings. The molecular formula is C17H14NNaO4S. The van der Waals surface area contributed by atoms with Crippen LogP contribution in [0.2, 0.25) is 0 Å². The van der Waals surface area contributed by atoms with Crippen LogP contribution in [0.1, 0.15) is 10.4 Å². The Morgan fingerprint density at radius 3 is 2.29 bits per heavy atom. The molecule has 2 N–H and O–H groups in total. The van der Waals surface area contributed by atoms with Crippen LogP contribution >= 0.6 is 0 Å². The maximum atomic E-state index is 12.3. The molecule has 3 aromatic rings. The standard InChI is InChI=1S/C17H13NO4S.Na.H/c19-17(13-5-2-1-3-6-13)18-16-8-4-7-12-9-10-14(11-15(12)16)23(20,21)22;;/h1-11H,(H,18,19)(H,20,21,22);;. The Hall–Kier alpha value is -1.70. The number of anilines is 1. The van der Waals surface area contributed by atoms with E-state index in [1.165, 1.54) is 12.1 Å². The molecule has 0 saturated carbocycles. The molecule has 7 heteroatoms. The number of benzene rings is 3. The second-order valence-corrected chi connectivity index (χ2v) is 6.41. The van der Waals surface area contributed by atoms with Gasteiger partial charge < -0.3 is 5.32 Å². The number of amides is 1. The summed E-state index contributed by atoms with van der Waals surface area (Å²) < 4.78 is 31.8. The van der Waals surface area contributed by atoms with Crippen LogP contribution in [0, 0.1) is 0 Å². The van der Waals surface area contributed by atoms with Gasteiger partial charge in [-0.15, -0.1) is 0 Å². The molecule has 3 aromatic carbocycles. The molecule has 5 nitrogen and oxygen atoms in total. The monoisotopic (exact) mass is 351 g/mol. The van der Waals surface area contributed by atoms with E-state index in [4.69, 9.17) is 0 Å².